The molecule has 0 saturated carbocycles. The van der Waals surface area contributed by atoms with E-state index in [0.717, 1.165) is 25.2 Å². The van der Waals surface area contributed by atoms with Gasteiger partial charge in [-0.1, -0.05) is 27.2 Å². The van der Waals surface area contributed by atoms with Gasteiger partial charge in [0.2, 0.25) is 5.91 Å². The van der Waals surface area contributed by atoms with E-state index < -0.39 is 11.2 Å². The first-order valence-electron chi connectivity index (χ1n) is 11.9. The monoisotopic (exact) mass is 472 g/mol. The normalized spacial score (nSPS) is 14.5. The Morgan fingerprint density at radius 1 is 1.15 bits per heavy atom. The molecule has 0 spiro atoms. The van der Waals surface area contributed by atoms with Gasteiger partial charge in [0.15, 0.2) is 5.69 Å². The molecule has 4 N–H and O–H groups in total. The Balaban J connectivity index is 1.76. The highest BCUT2D eigenvalue weighted by Gasteiger charge is 2.27. The summed E-state index contributed by atoms with van der Waals surface area (Å²) >= 11 is 0. The van der Waals surface area contributed by atoms with Crippen LogP contribution >= 0.6 is 0 Å². The number of carbonyl (C=O) groups excluding carboxylic acids is 1. The van der Waals surface area contributed by atoms with Crippen molar-refractivity contribution in [2.45, 2.75) is 40.2 Å². The molecular weight excluding hydrogens is 436 g/mol. The van der Waals surface area contributed by atoms with Crippen LogP contribution in [0.25, 0.3) is 0 Å². The van der Waals surface area contributed by atoms with Crippen LogP contribution in [0.1, 0.15) is 33.6 Å². The van der Waals surface area contributed by atoms with Gasteiger partial charge in [0.05, 0.1) is 6.54 Å². The van der Waals surface area contributed by atoms with E-state index in [1.54, 1.807) is 12.1 Å². The van der Waals surface area contributed by atoms with Crippen LogP contribution in [0.2, 0.25) is 0 Å². The molecule has 34 heavy (non-hydrogen) atoms. The number of nitrogen functional groups attached to an aromatic ring is 1. The number of carbonyl (C=O) groups is 1. The van der Waals surface area contributed by atoms with Crippen molar-refractivity contribution in [2.24, 2.45) is 5.92 Å². The van der Waals surface area contributed by atoms with Crippen LogP contribution in [-0.2, 0) is 11.3 Å². The number of hydrogen-bond donors (Lipinski definition) is 3. The Bertz CT molecular complexity index is 1080. The average Bonchev–Trinajstić information content (AvgIpc) is 2.79. The summed E-state index contributed by atoms with van der Waals surface area (Å²) in [4.78, 5) is 46.5. The number of nitrogens with two attached hydrogens (primary N) is 1. The quantitative estimate of drug-likeness (QED) is 0.504. The van der Waals surface area contributed by atoms with Gasteiger partial charge in [0, 0.05) is 45.0 Å². The number of unbranched alkanes of at least 4 members (excludes halogenated alkanes) is 1. The topological polar surface area (TPSA) is 128 Å². The third-order valence-corrected chi connectivity index (χ3v) is 6.01. The van der Waals surface area contributed by atoms with Crippen molar-refractivity contribution in [3.05, 3.63) is 45.1 Å². The summed E-state index contributed by atoms with van der Waals surface area (Å²) in [6.45, 7) is 9.65. The molecule has 186 valence electrons. The van der Waals surface area contributed by atoms with Gasteiger partial charge >= 0.3 is 5.69 Å². The van der Waals surface area contributed by atoms with Crippen molar-refractivity contribution in [1.82, 2.24) is 14.5 Å². The second-order valence-corrected chi connectivity index (χ2v) is 9.18. The van der Waals surface area contributed by atoms with Gasteiger partial charge in [0.1, 0.15) is 11.6 Å². The zero-order chi connectivity index (χ0) is 24.8. The number of anilines is 3. The number of hydrogen-bond acceptors (Lipinski definition) is 7. The van der Waals surface area contributed by atoms with Crippen LogP contribution in [0.15, 0.2) is 33.9 Å². The van der Waals surface area contributed by atoms with E-state index in [0.29, 0.717) is 32.6 Å². The minimum absolute atomic E-state index is 0.0315. The molecule has 0 radical (unpaired) electrons. The molecule has 1 aromatic heterocycles. The van der Waals surface area contributed by atoms with Crippen LogP contribution in [-0.4, -0.2) is 64.7 Å². The van der Waals surface area contributed by atoms with Gasteiger partial charge in [-0.05, 0) is 36.6 Å². The molecule has 10 nitrogen and oxygen atoms in total. The number of benzene rings is 1. The van der Waals surface area contributed by atoms with Crippen molar-refractivity contribution >= 4 is 23.1 Å². The van der Waals surface area contributed by atoms with Gasteiger partial charge in [-0.15, -0.1) is 0 Å². The molecule has 10 heteroatoms. The summed E-state index contributed by atoms with van der Waals surface area (Å²) < 4.78 is 1.34. The minimum Gasteiger partial charge on any atom is -0.508 e. The average molecular weight is 473 g/mol. The fraction of sp³-hybridized carbons (Fsp3) is 0.542. The Morgan fingerprint density at radius 3 is 2.38 bits per heavy atom. The van der Waals surface area contributed by atoms with E-state index in [1.165, 1.54) is 9.47 Å². The molecule has 1 aliphatic heterocycles. The van der Waals surface area contributed by atoms with Crippen molar-refractivity contribution in [1.29, 1.82) is 0 Å². The number of amides is 1. The summed E-state index contributed by atoms with van der Waals surface area (Å²) in [6, 6.07) is 7.09. The Hall–Kier alpha value is -3.27. The number of aromatic amines is 1. The molecule has 1 fully saturated rings. The number of aromatic nitrogens is 2. The molecule has 1 aromatic carbocycles. The molecule has 0 unspecified atom stereocenters. The third-order valence-electron chi connectivity index (χ3n) is 6.01. The van der Waals surface area contributed by atoms with Crippen molar-refractivity contribution in [3.8, 4) is 5.75 Å². The SMILES string of the molecule is CCCCN(C(=O)CN1CCN(c2ccc(O)cc2)CC1)c1c(N)n(CC(C)C)c(=O)[nH]c1=O. The maximum atomic E-state index is 13.4. The molecule has 0 atom stereocenters. The highest BCUT2D eigenvalue weighted by atomic mass is 16.3. The second kappa shape index (κ2) is 11.2. The van der Waals surface area contributed by atoms with Gasteiger partial charge in [-0.2, -0.15) is 0 Å². The largest absolute Gasteiger partial charge is 0.508 e. The lowest BCUT2D eigenvalue weighted by Crippen LogP contribution is -2.51. The first-order valence-corrected chi connectivity index (χ1v) is 11.9. The van der Waals surface area contributed by atoms with E-state index in [-0.39, 0.29) is 35.6 Å². The number of phenolic OH excluding ortho intramolecular Hbond substituents is 1. The van der Waals surface area contributed by atoms with Crippen LogP contribution in [0.3, 0.4) is 0 Å². The first-order chi connectivity index (χ1) is 16.2. The summed E-state index contributed by atoms with van der Waals surface area (Å²) in [5.41, 5.74) is 6.17. The lowest BCUT2D eigenvalue weighted by atomic mass is 10.2. The summed E-state index contributed by atoms with van der Waals surface area (Å²) in [6.07, 6.45) is 1.56. The Morgan fingerprint density at radius 2 is 1.79 bits per heavy atom. The van der Waals surface area contributed by atoms with Gasteiger partial charge < -0.3 is 20.6 Å². The van der Waals surface area contributed by atoms with Crippen molar-refractivity contribution in [3.63, 3.8) is 0 Å². The highest BCUT2D eigenvalue weighted by Crippen LogP contribution is 2.21. The third kappa shape index (κ3) is 5.99. The van der Waals surface area contributed by atoms with E-state index in [9.17, 15) is 19.5 Å². The zero-order valence-electron chi connectivity index (χ0n) is 20.3. The van der Waals surface area contributed by atoms with Crippen molar-refractivity contribution in [2.75, 3.05) is 54.8 Å². The predicted molar refractivity (Wildman–Crippen MR) is 135 cm³/mol. The molecule has 2 heterocycles. The standard InChI is InChI=1S/C24H36N6O4/c1-4-5-10-29(21-22(25)30(15-17(2)3)24(34)26-23(21)33)20(32)16-27-11-13-28(14-12-27)18-6-8-19(31)9-7-18/h6-9,17,31H,4-5,10-16,25H2,1-3H3,(H,26,33,34). The fourth-order valence-corrected chi connectivity index (χ4v) is 4.17. The predicted octanol–water partition coefficient (Wildman–Crippen LogP) is 1.44. The number of phenols is 1. The van der Waals surface area contributed by atoms with Crippen LogP contribution < -0.4 is 26.8 Å². The lowest BCUT2D eigenvalue weighted by Gasteiger charge is -2.36. The van der Waals surface area contributed by atoms with E-state index in [4.69, 9.17) is 5.73 Å². The van der Waals surface area contributed by atoms with E-state index in [1.807, 2.05) is 32.9 Å². The highest BCUT2D eigenvalue weighted by molar-refractivity contribution is 5.96. The zero-order valence-corrected chi connectivity index (χ0v) is 20.3. The molecule has 0 bridgehead atoms. The van der Waals surface area contributed by atoms with Crippen LogP contribution in [0, 0.1) is 5.92 Å². The minimum atomic E-state index is -0.635. The number of H-pyrrole nitrogens is 1. The Kier molecular flexibility index (Phi) is 8.38. The fourth-order valence-electron chi connectivity index (χ4n) is 4.17. The number of piperazine rings is 1. The van der Waals surface area contributed by atoms with Gasteiger partial charge in [-0.25, -0.2) is 4.79 Å². The number of rotatable bonds is 9. The summed E-state index contributed by atoms with van der Waals surface area (Å²) in [5, 5.41) is 9.50. The van der Waals surface area contributed by atoms with E-state index in [2.05, 4.69) is 14.8 Å². The van der Waals surface area contributed by atoms with Gasteiger partial charge in [-0.3, -0.25) is 24.0 Å². The number of nitrogens with zero attached hydrogens (tertiary/aromatic N) is 4. The Labute approximate surface area is 199 Å². The molecule has 2 aromatic rings. The molecular formula is C24H36N6O4. The maximum Gasteiger partial charge on any atom is 0.330 e. The number of nitrogens with one attached hydrogen (secondary N) is 1. The van der Waals surface area contributed by atoms with Gasteiger partial charge in [0.25, 0.3) is 5.56 Å². The summed E-state index contributed by atoms with van der Waals surface area (Å²) in [5.74, 6) is 0.195. The molecule has 1 aliphatic rings. The molecule has 1 amide bonds. The maximum absolute atomic E-state index is 13.4. The van der Waals surface area contributed by atoms with Crippen LogP contribution in [0.4, 0.5) is 17.2 Å². The summed E-state index contributed by atoms with van der Waals surface area (Å²) in [7, 11) is 0. The smallest absolute Gasteiger partial charge is 0.330 e. The number of aromatic hydroxyl groups is 1. The lowest BCUT2D eigenvalue weighted by molar-refractivity contribution is -0.119. The molecule has 3 rings (SSSR count). The van der Waals surface area contributed by atoms with Crippen molar-refractivity contribution < 1.29 is 9.90 Å². The van der Waals surface area contributed by atoms with Crippen LogP contribution in [0.5, 0.6) is 5.75 Å². The first kappa shape index (κ1) is 25.4. The molecule has 0 aliphatic carbocycles. The second-order valence-electron chi connectivity index (χ2n) is 9.18. The molecule has 1 saturated heterocycles. The van der Waals surface area contributed by atoms with E-state index >= 15 is 0 Å².